The van der Waals surface area contributed by atoms with Crippen molar-refractivity contribution in [2.75, 3.05) is 6.54 Å². The van der Waals surface area contributed by atoms with Gasteiger partial charge in [-0.25, -0.2) is 9.78 Å². The predicted octanol–water partition coefficient (Wildman–Crippen LogP) is -0.901. The molecule has 0 aliphatic heterocycles. The van der Waals surface area contributed by atoms with Gasteiger partial charge in [0.25, 0.3) is 11.5 Å². The summed E-state index contributed by atoms with van der Waals surface area (Å²) in [5.74, 6) is 0.0865. The van der Waals surface area contributed by atoms with Crippen molar-refractivity contribution in [3.8, 4) is 0 Å². The van der Waals surface area contributed by atoms with Crippen molar-refractivity contribution in [1.82, 2.24) is 19.4 Å². The zero-order chi connectivity index (χ0) is 16.7. The van der Waals surface area contributed by atoms with Gasteiger partial charge in [-0.15, -0.1) is 0 Å². The second-order valence-electron chi connectivity index (χ2n) is 5.93. The van der Waals surface area contributed by atoms with E-state index >= 15 is 0 Å². The Kier molecular flexibility index (Phi) is 3.77. The van der Waals surface area contributed by atoms with Crippen LogP contribution in [0, 0.1) is 5.92 Å². The fraction of sp³-hybridized carbons (Fsp3) is 0.467. The Bertz CT molecular complexity index is 894. The summed E-state index contributed by atoms with van der Waals surface area (Å²) in [6.07, 6.45) is 2.13. The molecule has 1 aliphatic rings. The number of fused-ring (bicyclic) bond motifs is 1. The molecule has 8 nitrogen and oxygen atoms in total. The maximum Gasteiger partial charge on any atom is 0.332 e. The number of hydrogen-bond donors (Lipinski definition) is 2. The van der Waals surface area contributed by atoms with Gasteiger partial charge >= 0.3 is 5.69 Å². The highest BCUT2D eigenvalue weighted by Gasteiger charge is 2.31. The van der Waals surface area contributed by atoms with E-state index in [4.69, 9.17) is 5.73 Å². The van der Waals surface area contributed by atoms with Crippen molar-refractivity contribution in [2.24, 2.45) is 25.7 Å². The van der Waals surface area contributed by atoms with Crippen LogP contribution in [0.3, 0.4) is 0 Å². The Morgan fingerprint density at radius 3 is 2.65 bits per heavy atom. The van der Waals surface area contributed by atoms with Crippen molar-refractivity contribution in [3.05, 3.63) is 38.7 Å². The third kappa shape index (κ3) is 2.65. The number of nitrogens with zero attached hydrogens (tertiary/aromatic N) is 3. The fourth-order valence-electron chi connectivity index (χ4n) is 2.69. The van der Waals surface area contributed by atoms with Crippen LogP contribution in [0.4, 0.5) is 0 Å². The van der Waals surface area contributed by atoms with Crippen LogP contribution in [-0.4, -0.2) is 32.6 Å². The first-order chi connectivity index (χ1) is 10.9. The number of nitrogens with two attached hydrogens (primary N) is 1. The standard InChI is InChI=1S/C15H19N5O3/c1-19-12-9(14(22)20(2)15(19)23)5-6-10(17-12)13(21)18-11(7-16)8-3-4-8/h5-6,8,11H,3-4,7,16H2,1-2H3,(H,18,21). The molecule has 1 unspecified atom stereocenters. The Morgan fingerprint density at radius 1 is 1.35 bits per heavy atom. The van der Waals surface area contributed by atoms with Gasteiger partial charge < -0.3 is 11.1 Å². The third-order valence-corrected chi connectivity index (χ3v) is 4.30. The molecule has 1 saturated carbocycles. The summed E-state index contributed by atoms with van der Waals surface area (Å²) in [6, 6.07) is 2.95. The van der Waals surface area contributed by atoms with E-state index in [0.717, 1.165) is 17.4 Å². The fourth-order valence-corrected chi connectivity index (χ4v) is 2.69. The van der Waals surface area contributed by atoms with Crippen LogP contribution >= 0.6 is 0 Å². The molecule has 1 amide bonds. The number of rotatable bonds is 4. The summed E-state index contributed by atoms with van der Waals surface area (Å²) in [5.41, 5.74) is 5.14. The highest BCUT2D eigenvalue weighted by atomic mass is 16.2. The topological polar surface area (TPSA) is 112 Å². The number of nitrogens with one attached hydrogen (secondary N) is 1. The molecule has 0 aromatic carbocycles. The van der Waals surface area contributed by atoms with Gasteiger partial charge in [0.1, 0.15) is 11.3 Å². The molecule has 2 aromatic heterocycles. The number of aromatic nitrogens is 3. The lowest BCUT2D eigenvalue weighted by atomic mass is 10.2. The quantitative estimate of drug-likeness (QED) is 0.759. The Labute approximate surface area is 131 Å². The summed E-state index contributed by atoms with van der Waals surface area (Å²) >= 11 is 0. The van der Waals surface area contributed by atoms with Crippen LogP contribution in [-0.2, 0) is 14.1 Å². The zero-order valence-corrected chi connectivity index (χ0v) is 13.1. The SMILES string of the molecule is Cn1c(=O)c2ccc(C(=O)NC(CN)C3CC3)nc2n(C)c1=O. The van der Waals surface area contributed by atoms with Gasteiger partial charge in [0.15, 0.2) is 0 Å². The Balaban J connectivity index is 2.01. The number of aryl methyl sites for hydroxylation is 1. The molecule has 2 heterocycles. The second kappa shape index (κ2) is 5.62. The van der Waals surface area contributed by atoms with Gasteiger partial charge in [0, 0.05) is 26.7 Å². The average Bonchev–Trinajstić information content (AvgIpc) is 3.40. The largest absolute Gasteiger partial charge is 0.346 e. The van der Waals surface area contributed by atoms with Gasteiger partial charge in [-0.3, -0.25) is 18.7 Å². The number of carbonyl (C=O) groups is 1. The van der Waals surface area contributed by atoms with Gasteiger partial charge in [-0.05, 0) is 30.9 Å². The van der Waals surface area contributed by atoms with E-state index in [-0.39, 0.29) is 23.3 Å². The minimum absolute atomic E-state index is 0.0625. The first-order valence-electron chi connectivity index (χ1n) is 7.51. The first kappa shape index (κ1) is 15.4. The number of carbonyl (C=O) groups excluding carboxylic acids is 1. The lowest BCUT2D eigenvalue weighted by molar-refractivity contribution is 0.0928. The normalized spacial score (nSPS) is 15.6. The first-order valence-corrected chi connectivity index (χ1v) is 7.51. The van der Waals surface area contributed by atoms with Crippen LogP contribution in [0.1, 0.15) is 23.3 Å². The number of pyridine rings is 1. The number of amides is 1. The summed E-state index contributed by atoms with van der Waals surface area (Å²) in [6.45, 7) is 0.378. The Morgan fingerprint density at radius 2 is 2.04 bits per heavy atom. The smallest absolute Gasteiger partial charge is 0.332 e. The zero-order valence-electron chi connectivity index (χ0n) is 13.1. The molecule has 3 N–H and O–H groups in total. The summed E-state index contributed by atoms with van der Waals surface area (Å²) in [5, 5.41) is 3.17. The molecular formula is C15H19N5O3. The van der Waals surface area contributed by atoms with E-state index in [1.54, 1.807) is 0 Å². The summed E-state index contributed by atoms with van der Waals surface area (Å²) in [4.78, 5) is 40.6. The predicted molar refractivity (Wildman–Crippen MR) is 85.3 cm³/mol. The summed E-state index contributed by atoms with van der Waals surface area (Å²) < 4.78 is 2.27. The van der Waals surface area contributed by atoms with E-state index < -0.39 is 11.2 Å². The van der Waals surface area contributed by atoms with E-state index in [1.807, 2.05) is 0 Å². The molecule has 1 atom stereocenters. The molecule has 0 radical (unpaired) electrons. The molecule has 1 aliphatic carbocycles. The van der Waals surface area contributed by atoms with Crippen molar-refractivity contribution in [1.29, 1.82) is 0 Å². The monoisotopic (exact) mass is 317 g/mol. The van der Waals surface area contributed by atoms with Gasteiger partial charge in [0.05, 0.1) is 5.39 Å². The van der Waals surface area contributed by atoms with Gasteiger partial charge in [-0.1, -0.05) is 0 Å². The minimum Gasteiger partial charge on any atom is -0.346 e. The van der Waals surface area contributed by atoms with Gasteiger partial charge in [0.2, 0.25) is 0 Å². The van der Waals surface area contributed by atoms with Crippen molar-refractivity contribution >= 4 is 16.9 Å². The van der Waals surface area contributed by atoms with E-state index in [9.17, 15) is 14.4 Å². The minimum atomic E-state index is -0.481. The lowest BCUT2D eigenvalue weighted by Crippen LogP contribution is -2.42. The Hall–Kier alpha value is -2.48. The molecule has 0 spiro atoms. The van der Waals surface area contributed by atoms with Crippen molar-refractivity contribution < 1.29 is 4.79 Å². The molecule has 3 rings (SSSR count). The molecule has 0 bridgehead atoms. The van der Waals surface area contributed by atoms with Crippen LogP contribution in [0.25, 0.3) is 11.0 Å². The van der Waals surface area contributed by atoms with E-state index in [2.05, 4.69) is 10.3 Å². The van der Waals surface area contributed by atoms with Gasteiger partial charge in [-0.2, -0.15) is 0 Å². The van der Waals surface area contributed by atoms with Crippen LogP contribution in [0.15, 0.2) is 21.7 Å². The molecule has 2 aromatic rings. The number of hydrogen-bond acceptors (Lipinski definition) is 5. The van der Waals surface area contributed by atoms with Crippen molar-refractivity contribution in [3.63, 3.8) is 0 Å². The summed E-state index contributed by atoms with van der Waals surface area (Å²) in [7, 11) is 2.93. The molecular weight excluding hydrogens is 298 g/mol. The van der Waals surface area contributed by atoms with Crippen LogP contribution in [0.5, 0.6) is 0 Å². The van der Waals surface area contributed by atoms with Crippen LogP contribution in [0.2, 0.25) is 0 Å². The highest BCUT2D eigenvalue weighted by Crippen LogP contribution is 2.32. The third-order valence-electron chi connectivity index (χ3n) is 4.30. The van der Waals surface area contributed by atoms with E-state index in [0.29, 0.717) is 17.8 Å². The highest BCUT2D eigenvalue weighted by molar-refractivity contribution is 5.94. The molecule has 8 heteroatoms. The second-order valence-corrected chi connectivity index (χ2v) is 5.93. The molecule has 1 fully saturated rings. The lowest BCUT2D eigenvalue weighted by Gasteiger charge is -2.16. The van der Waals surface area contributed by atoms with Crippen LogP contribution < -0.4 is 22.3 Å². The molecule has 0 saturated heterocycles. The van der Waals surface area contributed by atoms with E-state index in [1.165, 1.54) is 30.8 Å². The average molecular weight is 317 g/mol. The maximum atomic E-state index is 12.3. The maximum absolute atomic E-state index is 12.3. The molecule has 122 valence electrons. The molecule has 23 heavy (non-hydrogen) atoms. The van der Waals surface area contributed by atoms with Crippen molar-refractivity contribution in [2.45, 2.75) is 18.9 Å².